The van der Waals surface area contributed by atoms with Crippen molar-refractivity contribution in [2.75, 3.05) is 0 Å². The first-order valence-corrected chi connectivity index (χ1v) is 10.3. The molecule has 0 spiro atoms. The van der Waals surface area contributed by atoms with E-state index in [-0.39, 0.29) is 5.91 Å². The zero-order valence-corrected chi connectivity index (χ0v) is 18.5. The molecule has 0 aliphatic rings. The van der Waals surface area contributed by atoms with Gasteiger partial charge in [0.2, 0.25) is 0 Å². The summed E-state index contributed by atoms with van der Waals surface area (Å²) in [5.74, 6) is -0.201. The first-order chi connectivity index (χ1) is 14.8. The monoisotopic (exact) mass is 417 g/mol. The number of carbonyl (C=O) groups is 1. The van der Waals surface area contributed by atoms with Crippen LogP contribution in [0.2, 0.25) is 0 Å². The maximum Gasteiger partial charge on any atom is 0.269 e. The Balaban J connectivity index is 1.47. The molecular weight excluding hydrogens is 390 g/mol. The van der Waals surface area contributed by atoms with Gasteiger partial charge in [-0.05, 0) is 39.3 Å². The van der Waals surface area contributed by atoms with Crippen molar-refractivity contribution in [3.05, 3.63) is 76.0 Å². The zero-order valence-electron chi connectivity index (χ0n) is 18.5. The molecule has 2 N–H and O–H groups in total. The fourth-order valence-corrected chi connectivity index (χ4v) is 3.87. The summed E-state index contributed by atoms with van der Waals surface area (Å²) in [5.41, 5.74) is 8.17. The predicted octanol–water partition coefficient (Wildman–Crippen LogP) is 3.22. The van der Waals surface area contributed by atoms with Crippen LogP contribution < -0.4 is 5.32 Å². The van der Waals surface area contributed by atoms with Gasteiger partial charge in [-0.3, -0.25) is 19.3 Å². The van der Waals surface area contributed by atoms with Crippen LogP contribution in [0.4, 0.5) is 0 Å². The third kappa shape index (κ3) is 4.01. The summed E-state index contributed by atoms with van der Waals surface area (Å²) in [4.78, 5) is 12.7. The molecule has 1 aromatic carbocycles. The topological polar surface area (TPSA) is 93.4 Å². The van der Waals surface area contributed by atoms with Gasteiger partial charge in [-0.2, -0.15) is 15.3 Å². The van der Waals surface area contributed by atoms with Crippen LogP contribution in [-0.2, 0) is 20.1 Å². The first kappa shape index (κ1) is 20.6. The highest BCUT2D eigenvalue weighted by atomic mass is 16.1. The Hall–Kier alpha value is -3.68. The van der Waals surface area contributed by atoms with Crippen LogP contribution in [0, 0.1) is 27.7 Å². The van der Waals surface area contributed by atoms with Crippen LogP contribution in [0.15, 0.2) is 36.4 Å². The number of amides is 1. The first-order valence-electron chi connectivity index (χ1n) is 10.3. The predicted molar refractivity (Wildman–Crippen MR) is 119 cm³/mol. The molecule has 0 fully saturated rings. The van der Waals surface area contributed by atoms with Gasteiger partial charge in [0.15, 0.2) is 0 Å². The number of rotatable bonds is 6. The molecule has 0 aliphatic heterocycles. The molecule has 0 unspecified atom stereocenters. The second-order valence-electron chi connectivity index (χ2n) is 7.81. The second kappa shape index (κ2) is 8.22. The quantitative estimate of drug-likeness (QED) is 0.504. The largest absolute Gasteiger partial charge is 0.347 e. The summed E-state index contributed by atoms with van der Waals surface area (Å²) < 4.78 is 3.80. The molecule has 3 heterocycles. The minimum Gasteiger partial charge on any atom is -0.347 e. The lowest BCUT2D eigenvalue weighted by molar-refractivity contribution is 0.0946. The van der Waals surface area contributed by atoms with Gasteiger partial charge in [-0.15, -0.1) is 0 Å². The standard InChI is InChI=1S/C23H27N7O/c1-14-19(16(3)30(28-14)13-18-9-7-6-8-10-18)12-24-23(31)21-11-20(25-26-21)22-15(2)27-29(5)17(22)4/h6-11H,12-13H2,1-5H3,(H,24,31)(H,25,26). The fraction of sp³-hybridized carbons (Fsp3) is 0.304. The van der Waals surface area contributed by atoms with Gasteiger partial charge in [-0.1, -0.05) is 30.3 Å². The van der Waals surface area contributed by atoms with Crippen molar-refractivity contribution in [3.63, 3.8) is 0 Å². The number of aromatic nitrogens is 6. The SMILES string of the molecule is Cc1nn(Cc2ccccc2)c(C)c1CNC(=O)c1cc(-c2c(C)nn(C)c2C)n[nH]1. The highest BCUT2D eigenvalue weighted by molar-refractivity contribution is 5.93. The van der Waals surface area contributed by atoms with Gasteiger partial charge in [0.25, 0.3) is 5.91 Å². The van der Waals surface area contributed by atoms with Crippen molar-refractivity contribution in [1.82, 2.24) is 35.1 Å². The molecule has 0 atom stereocenters. The summed E-state index contributed by atoms with van der Waals surface area (Å²) in [6, 6.07) is 12.0. The van der Waals surface area contributed by atoms with Crippen LogP contribution in [0.25, 0.3) is 11.3 Å². The molecule has 0 saturated carbocycles. The number of H-pyrrole nitrogens is 1. The number of hydrogen-bond donors (Lipinski definition) is 2. The lowest BCUT2D eigenvalue weighted by atomic mass is 10.1. The minimum atomic E-state index is -0.201. The Morgan fingerprint density at radius 3 is 2.45 bits per heavy atom. The highest BCUT2D eigenvalue weighted by Gasteiger charge is 2.18. The van der Waals surface area contributed by atoms with Crippen LogP contribution in [0.1, 0.15) is 44.4 Å². The minimum absolute atomic E-state index is 0.201. The summed E-state index contributed by atoms with van der Waals surface area (Å²) in [6.45, 7) is 9.04. The van der Waals surface area contributed by atoms with Crippen LogP contribution in [0.5, 0.6) is 0 Å². The molecule has 0 saturated heterocycles. The number of aryl methyl sites for hydroxylation is 3. The lowest BCUT2D eigenvalue weighted by Crippen LogP contribution is -2.23. The van der Waals surface area contributed by atoms with Gasteiger partial charge in [-0.25, -0.2) is 0 Å². The van der Waals surface area contributed by atoms with E-state index in [0.717, 1.165) is 39.6 Å². The maximum atomic E-state index is 12.7. The van der Waals surface area contributed by atoms with Gasteiger partial charge < -0.3 is 5.32 Å². The molecule has 160 valence electrons. The molecule has 0 aliphatic carbocycles. The molecule has 1 amide bonds. The normalized spacial score (nSPS) is 11.1. The average molecular weight is 418 g/mol. The molecule has 8 nitrogen and oxygen atoms in total. The van der Waals surface area contributed by atoms with Crippen LogP contribution in [-0.4, -0.2) is 35.7 Å². The molecule has 4 aromatic rings. The van der Waals surface area contributed by atoms with E-state index in [1.165, 1.54) is 5.56 Å². The molecule has 31 heavy (non-hydrogen) atoms. The Kier molecular flexibility index (Phi) is 5.46. The van der Waals surface area contributed by atoms with Crippen LogP contribution >= 0.6 is 0 Å². The van der Waals surface area contributed by atoms with Crippen molar-refractivity contribution in [2.24, 2.45) is 7.05 Å². The molecule has 3 aromatic heterocycles. The number of nitrogens with zero attached hydrogens (tertiary/aromatic N) is 5. The lowest BCUT2D eigenvalue weighted by Gasteiger charge is -2.07. The van der Waals surface area contributed by atoms with E-state index in [1.807, 2.05) is 62.3 Å². The van der Waals surface area contributed by atoms with Crippen molar-refractivity contribution in [2.45, 2.75) is 40.8 Å². The molecule has 8 heteroatoms. The molecule has 4 rings (SSSR count). The number of carbonyl (C=O) groups excluding carboxylic acids is 1. The summed E-state index contributed by atoms with van der Waals surface area (Å²) >= 11 is 0. The van der Waals surface area contributed by atoms with Gasteiger partial charge in [0.05, 0.1) is 23.6 Å². The van der Waals surface area contributed by atoms with E-state index < -0.39 is 0 Å². The fourth-order valence-electron chi connectivity index (χ4n) is 3.87. The Labute approximate surface area is 181 Å². The van der Waals surface area contributed by atoms with E-state index in [1.54, 1.807) is 6.07 Å². The maximum absolute atomic E-state index is 12.7. The summed E-state index contributed by atoms with van der Waals surface area (Å²) in [5, 5.41) is 19.2. The average Bonchev–Trinajstić information content (AvgIpc) is 3.39. The summed E-state index contributed by atoms with van der Waals surface area (Å²) in [6.07, 6.45) is 0. The number of nitrogens with one attached hydrogen (secondary N) is 2. The third-order valence-corrected chi connectivity index (χ3v) is 5.72. The van der Waals surface area contributed by atoms with Gasteiger partial charge >= 0.3 is 0 Å². The number of hydrogen-bond acceptors (Lipinski definition) is 4. The Morgan fingerprint density at radius 2 is 1.77 bits per heavy atom. The van der Waals surface area contributed by atoms with Crippen molar-refractivity contribution in [3.8, 4) is 11.3 Å². The van der Waals surface area contributed by atoms with Crippen LogP contribution in [0.3, 0.4) is 0 Å². The number of aromatic amines is 1. The molecular formula is C23H27N7O. The van der Waals surface area contributed by atoms with E-state index in [4.69, 9.17) is 0 Å². The smallest absolute Gasteiger partial charge is 0.269 e. The molecule has 0 radical (unpaired) electrons. The van der Waals surface area contributed by atoms with E-state index in [0.29, 0.717) is 18.8 Å². The van der Waals surface area contributed by atoms with E-state index in [2.05, 4.69) is 37.8 Å². The highest BCUT2D eigenvalue weighted by Crippen LogP contribution is 2.25. The van der Waals surface area contributed by atoms with Crippen molar-refractivity contribution >= 4 is 5.91 Å². The Morgan fingerprint density at radius 1 is 1.03 bits per heavy atom. The van der Waals surface area contributed by atoms with Crippen molar-refractivity contribution < 1.29 is 4.79 Å². The third-order valence-electron chi connectivity index (χ3n) is 5.72. The van der Waals surface area contributed by atoms with E-state index >= 15 is 0 Å². The second-order valence-corrected chi connectivity index (χ2v) is 7.81. The summed E-state index contributed by atoms with van der Waals surface area (Å²) in [7, 11) is 1.90. The Bertz CT molecular complexity index is 1230. The van der Waals surface area contributed by atoms with Crippen molar-refractivity contribution in [1.29, 1.82) is 0 Å². The van der Waals surface area contributed by atoms with E-state index in [9.17, 15) is 4.79 Å². The zero-order chi connectivity index (χ0) is 22.1. The number of benzene rings is 1. The molecule has 0 bridgehead atoms. The van der Waals surface area contributed by atoms with Gasteiger partial charge in [0, 0.05) is 36.1 Å². The van der Waals surface area contributed by atoms with Gasteiger partial charge in [0.1, 0.15) is 5.69 Å².